The van der Waals surface area contributed by atoms with Crippen LogP contribution in [-0.4, -0.2) is 16.2 Å². The molecule has 1 aromatic heterocycles. The largest absolute Gasteiger partial charge is 0.491 e. The predicted molar refractivity (Wildman–Crippen MR) is 68.8 cm³/mol. The number of aromatic nitrogens is 2. The zero-order chi connectivity index (χ0) is 12.3. The molecule has 0 unspecified atom stereocenters. The average molecular weight is 230 g/mol. The minimum atomic E-state index is 0.740. The SMILES string of the molecule is CCCOc1cc(C)ccc1-n1cnc(C)c1. The Balaban J connectivity index is 2.38. The molecule has 90 valence electrons. The minimum absolute atomic E-state index is 0.740. The Morgan fingerprint density at radius 3 is 2.76 bits per heavy atom. The van der Waals surface area contributed by atoms with Crippen LogP contribution in [0.25, 0.3) is 5.69 Å². The van der Waals surface area contributed by atoms with Crippen LogP contribution < -0.4 is 4.74 Å². The van der Waals surface area contributed by atoms with Crippen molar-refractivity contribution < 1.29 is 4.74 Å². The number of benzene rings is 1. The van der Waals surface area contributed by atoms with Crippen LogP contribution in [0.4, 0.5) is 0 Å². The van der Waals surface area contributed by atoms with E-state index in [1.54, 1.807) is 0 Å². The van der Waals surface area contributed by atoms with Crippen molar-refractivity contribution in [2.75, 3.05) is 6.61 Å². The summed E-state index contributed by atoms with van der Waals surface area (Å²) in [7, 11) is 0. The number of hydrogen-bond acceptors (Lipinski definition) is 2. The number of aryl methyl sites for hydroxylation is 2. The van der Waals surface area contributed by atoms with Gasteiger partial charge in [-0.05, 0) is 38.0 Å². The van der Waals surface area contributed by atoms with Crippen molar-refractivity contribution >= 4 is 0 Å². The topological polar surface area (TPSA) is 27.1 Å². The van der Waals surface area contributed by atoms with E-state index in [-0.39, 0.29) is 0 Å². The summed E-state index contributed by atoms with van der Waals surface area (Å²) in [5.74, 6) is 0.921. The van der Waals surface area contributed by atoms with E-state index in [1.165, 1.54) is 5.56 Å². The van der Waals surface area contributed by atoms with E-state index in [9.17, 15) is 0 Å². The monoisotopic (exact) mass is 230 g/mol. The van der Waals surface area contributed by atoms with E-state index in [2.05, 4.69) is 37.0 Å². The molecule has 0 fully saturated rings. The Bertz CT molecular complexity index is 503. The predicted octanol–water partition coefficient (Wildman–Crippen LogP) is 3.28. The fraction of sp³-hybridized carbons (Fsp3) is 0.357. The molecule has 0 amide bonds. The van der Waals surface area contributed by atoms with Crippen LogP contribution in [0.1, 0.15) is 24.6 Å². The van der Waals surface area contributed by atoms with Crippen LogP contribution in [-0.2, 0) is 0 Å². The molecular weight excluding hydrogens is 212 g/mol. The van der Waals surface area contributed by atoms with Crippen molar-refractivity contribution in [3.63, 3.8) is 0 Å². The Hall–Kier alpha value is -1.77. The fourth-order valence-corrected chi connectivity index (χ4v) is 1.72. The van der Waals surface area contributed by atoms with Crippen molar-refractivity contribution in [3.05, 3.63) is 42.0 Å². The Kier molecular flexibility index (Phi) is 3.47. The molecule has 0 atom stereocenters. The summed E-state index contributed by atoms with van der Waals surface area (Å²) in [6, 6.07) is 6.23. The fourth-order valence-electron chi connectivity index (χ4n) is 1.72. The lowest BCUT2D eigenvalue weighted by Crippen LogP contribution is -2.01. The highest BCUT2D eigenvalue weighted by Crippen LogP contribution is 2.24. The highest BCUT2D eigenvalue weighted by atomic mass is 16.5. The molecule has 3 nitrogen and oxygen atoms in total. The van der Waals surface area contributed by atoms with Crippen LogP contribution in [0, 0.1) is 13.8 Å². The summed E-state index contributed by atoms with van der Waals surface area (Å²) in [4.78, 5) is 4.24. The molecule has 0 bridgehead atoms. The summed E-state index contributed by atoms with van der Waals surface area (Å²) in [5.41, 5.74) is 3.26. The molecule has 1 heterocycles. The number of imidazole rings is 1. The van der Waals surface area contributed by atoms with Crippen LogP contribution in [0.3, 0.4) is 0 Å². The van der Waals surface area contributed by atoms with Crippen molar-refractivity contribution in [2.45, 2.75) is 27.2 Å². The molecule has 0 aliphatic rings. The molecule has 2 aromatic rings. The Morgan fingerprint density at radius 1 is 1.29 bits per heavy atom. The van der Waals surface area contributed by atoms with Gasteiger partial charge in [-0.15, -0.1) is 0 Å². The first kappa shape index (κ1) is 11.7. The lowest BCUT2D eigenvalue weighted by Gasteiger charge is -2.12. The van der Waals surface area contributed by atoms with Gasteiger partial charge in [0.1, 0.15) is 5.75 Å². The Morgan fingerprint density at radius 2 is 2.12 bits per heavy atom. The van der Waals surface area contributed by atoms with Crippen LogP contribution in [0.5, 0.6) is 5.75 Å². The maximum absolute atomic E-state index is 5.78. The van der Waals surface area contributed by atoms with Crippen LogP contribution >= 0.6 is 0 Å². The quantitative estimate of drug-likeness (QED) is 0.806. The third kappa shape index (κ3) is 2.67. The van der Waals surface area contributed by atoms with E-state index in [0.717, 1.165) is 30.2 Å². The summed E-state index contributed by atoms with van der Waals surface area (Å²) < 4.78 is 7.78. The first-order valence-corrected chi connectivity index (χ1v) is 5.95. The van der Waals surface area contributed by atoms with E-state index < -0.39 is 0 Å². The maximum atomic E-state index is 5.78. The molecule has 0 N–H and O–H groups in total. The summed E-state index contributed by atoms with van der Waals surface area (Å²) in [5, 5.41) is 0. The first-order chi connectivity index (χ1) is 8.20. The van der Waals surface area contributed by atoms with E-state index in [0.29, 0.717) is 0 Å². The van der Waals surface area contributed by atoms with Gasteiger partial charge in [-0.1, -0.05) is 13.0 Å². The zero-order valence-corrected chi connectivity index (χ0v) is 10.6. The minimum Gasteiger partial charge on any atom is -0.491 e. The third-order valence-corrected chi connectivity index (χ3v) is 2.57. The van der Waals surface area contributed by atoms with E-state index in [1.807, 2.05) is 24.0 Å². The second kappa shape index (κ2) is 5.04. The Labute approximate surface area is 102 Å². The van der Waals surface area contributed by atoms with Gasteiger partial charge in [0.25, 0.3) is 0 Å². The molecule has 17 heavy (non-hydrogen) atoms. The van der Waals surface area contributed by atoms with Gasteiger partial charge in [-0.2, -0.15) is 0 Å². The highest BCUT2D eigenvalue weighted by Gasteiger charge is 2.06. The van der Waals surface area contributed by atoms with Gasteiger partial charge in [-0.3, -0.25) is 0 Å². The lowest BCUT2D eigenvalue weighted by atomic mass is 10.2. The maximum Gasteiger partial charge on any atom is 0.143 e. The van der Waals surface area contributed by atoms with Gasteiger partial charge in [-0.25, -0.2) is 4.98 Å². The molecule has 0 saturated heterocycles. The van der Waals surface area contributed by atoms with Gasteiger partial charge in [0.05, 0.1) is 24.3 Å². The number of nitrogens with zero attached hydrogens (tertiary/aromatic N) is 2. The van der Waals surface area contributed by atoms with Crippen molar-refractivity contribution in [3.8, 4) is 11.4 Å². The van der Waals surface area contributed by atoms with Crippen molar-refractivity contribution in [1.82, 2.24) is 9.55 Å². The van der Waals surface area contributed by atoms with Crippen molar-refractivity contribution in [2.24, 2.45) is 0 Å². The van der Waals surface area contributed by atoms with Gasteiger partial charge in [0.15, 0.2) is 0 Å². The van der Waals surface area contributed by atoms with Crippen LogP contribution in [0.15, 0.2) is 30.7 Å². The molecule has 2 rings (SSSR count). The second-order valence-electron chi connectivity index (χ2n) is 4.24. The molecular formula is C14H18N2O. The third-order valence-electron chi connectivity index (χ3n) is 2.57. The number of ether oxygens (including phenoxy) is 1. The molecule has 1 aromatic carbocycles. The van der Waals surface area contributed by atoms with Gasteiger partial charge < -0.3 is 9.30 Å². The molecule has 0 radical (unpaired) electrons. The standard InChI is InChI=1S/C14H18N2O/c1-4-7-17-14-8-11(2)5-6-13(14)16-9-12(3)15-10-16/h5-6,8-10H,4,7H2,1-3H3. The number of hydrogen-bond donors (Lipinski definition) is 0. The average Bonchev–Trinajstić information content (AvgIpc) is 2.73. The number of rotatable bonds is 4. The molecule has 0 saturated carbocycles. The molecule has 3 heteroatoms. The molecule has 0 spiro atoms. The smallest absolute Gasteiger partial charge is 0.143 e. The van der Waals surface area contributed by atoms with Crippen LogP contribution in [0.2, 0.25) is 0 Å². The molecule has 0 aliphatic heterocycles. The summed E-state index contributed by atoms with van der Waals surface area (Å²) in [6.45, 7) is 6.90. The lowest BCUT2D eigenvalue weighted by molar-refractivity contribution is 0.316. The summed E-state index contributed by atoms with van der Waals surface area (Å²) in [6.07, 6.45) is 4.83. The van der Waals surface area contributed by atoms with Crippen molar-refractivity contribution in [1.29, 1.82) is 0 Å². The normalized spacial score (nSPS) is 10.5. The van der Waals surface area contributed by atoms with E-state index >= 15 is 0 Å². The van der Waals surface area contributed by atoms with E-state index in [4.69, 9.17) is 4.74 Å². The highest BCUT2D eigenvalue weighted by molar-refractivity contribution is 5.48. The summed E-state index contributed by atoms with van der Waals surface area (Å²) >= 11 is 0. The zero-order valence-electron chi connectivity index (χ0n) is 10.6. The van der Waals surface area contributed by atoms with Gasteiger partial charge in [0.2, 0.25) is 0 Å². The molecule has 0 aliphatic carbocycles. The van der Waals surface area contributed by atoms with Gasteiger partial charge in [0, 0.05) is 6.20 Å². The first-order valence-electron chi connectivity index (χ1n) is 5.95. The van der Waals surface area contributed by atoms with Gasteiger partial charge >= 0.3 is 0 Å². The second-order valence-corrected chi connectivity index (χ2v) is 4.24.